The van der Waals surface area contributed by atoms with Crippen molar-refractivity contribution in [3.8, 4) is 0 Å². The molecule has 2 heterocycles. The van der Waals surface area contributed by atoms with Crippen LogP contribution in [0.2, 0.25) is 0 Å². The number of nitrogens with zero attached hydrogens (tertiary/aromatic N) is 1. The van der Waals surface area contributed by atoms with E-state index in [1.165, 1.54) is 19.5 Å². The van der Waals surface area contributed by atoms with Gasteiger partial charge in [0, 0.05) is 19.8 Å². The van der Waals surface area contributed by atoms with Gasteiger partial charge in [0.2, 0.25) is 0 Å². The van der Waals surface area contributed by atoms with E-state index in [2.05, 4.69) is 15.5 Å². The normalized spacial score (nSPS) is 36.7. The highest BCUT2D eigenvalue weighted by molar-refractivity contribution is 4.81. The van der Waals surface area contributed by atoms with E-state index in [1.54, 1.807) is 0 Å². The number of fused-ring (bicyclic) bond motifs is 1. The summed E-state index contributed by atoms with van der Waals surface area (Å²) in [5.41, 5.74) is 0. The van der Waals surface area contributed by atoms with Gasteiger partial charge in [-0.1, -0.05) is 0 Å². The Morgan fingerprint density at radius 3 is 3.33 bits per heavy atom. The molecule has 2 aliphatic heterocycles. The maximum atomic E-state index is 3.44. The first-order valence-corrected chi connectivity index (χ1v) is 3.65. The van der Waals surface area contributed by atoms with E-state index in [1.807, 2.05) is 0 Å². The molecule has 3 nitrogen and oxygen atoms in total. The topological polar surface area (TPSA) is 27.3 Å². The molecule has 2 aliphatic rings. The molecule has 0 amide bonds. The molecule has 1 unspecified atom stereocenters. The SMILES string of the molecule is C1CNC2CNCN2C1. The second-order valence-corrected chi connectivity index (χ2v) is 2.75. The van der Waals surface area contributed by atoms with Crippen molar-refractivity contribution in [1.82, 2.24) is 15.5 Å². The minimum Gasteiger partial charge on any atom is -0.301 e. The standard InChI is InChI=1S/C6H13N3/c1-2-8-6-4-7-5-9(6)3-1/h6-8H,1-5H2. The Balaban J connectivity index is 1.97. The van der Waals surface area contributed by atoms with Gasteiger partial charge in [0.25, 0.3) is 0 Å². The van der Waals surface area contributed by atoms with Crippen molar-refractivity contribution >= 4 is 0 Å². The first-order chi connectivity index (χ1) is 4.47. The second kappa shape index (κ2) is 2.25. The van der Waals surface area contributed by atoms with Crippen LogP contribution in [0.3, 0.4) is 0 Å². The Morgan fingerprint density at radius 1 is 1.44 bits per heavy atom. The molecule has 2 fully saturated rings. The molecule has 0 aliphatic carbocycles. The minimum atomic E-state index is 0.638. The summed E-state index contributed by atoms with van der Waals surface area (Å²) in [5.74, 6) is 0. The summed E-state index contributed by atoms with van der Waals surface area (Å²) >= 11 is 0. The average Bonchev–Trinajstić information content (AvgIpc) is 2.33. The predicted octanol–water partition coefficient (Wildman–Crippen LogP) is -0.831. The van der Waals surface area contributed by atoms with Crippen molar-refractivity contribution in [3.63, 3.8) is 0 Å². The lowest BCUT2D eigenvalue weighted by Crippen LogP contribution is -2.48. The number of nitrogens with one attached hydrogen (secondary N) is 2. The summed E-state index contributed by atoms with van der Waals surface area (Å²) in [6.07, 6.45) is 1.94. The van der Waals surface area contributed by atoms with E-state index in [0.29, 0.717) is 6.17 Å². The molecule has 2 rings (SSSR count). The van der Waals surface area contributed by atoms with Gasteiger partial charge in [-0.25, -0.2) is 0 Å². The summed E-state index contributed by atoms with van der Waals surface area (Å²) in [6.45, 7) is 4.67. The highest BCUT2D eigenvalue weighted by atomic mass is 15.4. The van der Waals surface area contributed by atoms with Crippen LogP contribution in [0.15, 0.2) is 0 Å². The zero-order valence-corrected chi connectivity index (χ0v) is 5.56. The molecule has 0 aromatic rings. The van der Waals surface area contributed by atoms with Crippen LogP contribution >= 0.6 is 0 Å². The highest BCUT2D eigenvalue weighted by Gasteiger charge is 2.25. The quantitative estimate of drug-likeness (QED) is 0.444. The molecule has 0 aromatic heterocycles. The van der Waals surface area contributed by atoms with Gasteiger partial charge < -0.3 is 10.6 Å². The van der Waals surface area contributed by atoms with Gasteiger partial charge in [-0.3, -0.25) is 4.90 Å². The molecule has 0 spiro atoms. The van der Waals surface area contributed by atoms with Crippen LogP contribution < -0.4 is 10.6 Å². The van der Waals surface area contributed by atoms with Crippen molar-refractivity contribution < 1.29 is 0 Å². The summed E-state index contributed by atoms with van der Waals surface area (Å²) in [6, 6.07) is 0. The smallest absolute Gasteiger partial charge is 0.0736 e. The van der Waals surface area contributed by atoms with Crippen LogP contribution in [0.25, 0.3) is 0 Å². The lowest BCUT2D eigenvalue weighted by molar-refractivity contribution is 0.185. The fourth-order valence-corrected chi connectivity index (χ4v) is 1.57. The average molecular weight is 127 g/mol. The molecule has 2 saturated heterocycles. The Labute approximate surface area is 55.4 Å². The molecule has 0 saturated carbocycles. The van der Waals surface area contributed by atoms with Crippen LogP contribution in [-0.2, 0) is 0 Å². The van der Waals surface area contributed by atoms with Crippen LogP contribution in [0.4, 0.5) is 0 Å². The summed E-state index contributed by atoms with van der Waals surface area (Å²) in [7, 11) is 0. The lowest BCUT2D eigenvalue weighted by atomic mass is 10.3. The summed E-state index contributed by atoms with van der Waals surface area (Å²) in [4.78, 5) is 2.45. The Hall–Kier alpha value is -0.120. The monoisotopic (exact) mass is 127 g/mol. The van der Waals surface area contributed by atoms with Gasteiger partial charge >= 0.3 is 0 Å². The van der Waals surface area contributed by atoms with Crippen LogP contribution in [0, 0.1) is 0 Å². The predicted molar refractivity (Wildman–Crippen MR) is 36.0 cm³/mol. The molecule has 9 heavy (non-hydrogen) atoms. The van der Waals surface area contributed by atoms with Crippen LogP contribution in [0.1, 0.15) is 6.42 Å². The zero-order chi connectivity index (χ0) is 6.10. The molecular weight excluding hydrogens is 114 g/mol. The van der Waals surface area contributed by atoms with E-state index >= 15 is 0 Å². The van der Waals surface area contributed by atoms with Crippen molar-refractivity contribution in [3.05, 3.63) is 0 Å². The van der Waals surface area contributed by atoms with Crippen molar-refractivity contribution in [2.45, 2.75) is 12.6 Å². The Morgan fingerprint density at radius 2 is 2.44 bits per heavy atom. The van der Waals surface area contributed by atoms with E-state index in [4.69, 9.17) is 0 Å². The van der Waals surface area contributed by atoms with Gasteiger partial charge in [0.15, 0.2) is 0 Å². The third kappa shape index (κ3) is 0.956. The maximum Gasteiger partial charge on any atom is 0.0736 e. The first kappa shape index (κ1) is 5.65. The van der Waals surface area contributed by atoms with E-state index in [9.17, 15) is 0 Å². The van der Waals surface area contributed by atoms with Crippen molar-refractivity contribution in [2.75, 3.05) is 26.3 Å². The summed E-state index contributed by atoms with van der Waals surface area (Å²) in [5, 5.41) is 6.77. The molecule has 1 atom stereocenters. The molecular formula is C6H13N3. The van der Waals surface area contributed by atoms with Crippen LogP contribution in [-0.4, -0.2) is 37.4 Å². The number of rotatable bonds is 0. The van der Waals surface area contributed by atoms with E-state index < -0.39 is 0 Å². The van der Waals surface area contributed by atoms with Gasteiger partial charge in [-0.2, -0.15) is 0 Å². The lowest BCUT2D eigenvalue weighted by Gasteiger charge is -2.28. The van der Waals surface area contributed by atoms with E-state index in [0.717, 1.165) is 13.2 Å². The van der Waals surface area contributed by atoms with E-state index in [-0.39, 0.29) is 0 Å². The molecule has 52 valence electrons. The highest BCUT2D eigenvalue weighted by Crippen LogP contribution is 2.05. The van der Waals surface area contributed by atoms with Crippen LogP contribution in [0.5, 0.6) is 0 Å². The minimum absolute atomic E-state index is 0.638. The fourth-order valence-electron chi connectivity index (χ4n) is 1.57. The van der Waals surface area contributed by atoms with Gasteiger partial charge in [0.05, 0.1) is 6.17 Å². The maximum absolute atomic E-state index is 3.44. The van der Waals surface area contributed by atoms with Gasteiger partial charge in [-0.15, -0.1) is 0 Å². The van der Waals surface area contributed by atoms with Crippen molar-refractivity contribution in [1.29, 1.82) is 0 Å². The number of hydrogen-bond acceptors (Lipinski definition) is 3. The number of hydrogen-bond donors (Lipinski definition) is 2. The molecule has 0 bridgehead atoms. The van der Waals surface area contributed by atoms with Gasteiger partial charge in [-0.05, 0) is 13.0 Å². The molecule has 0 aromatic carbocycles. The second-order valence-electron chi connectivity index (χ2n) is 2.75. The summed E-state index contributed by atoms with van der Waals surface area (Å²) < 4.78 is 0. The van der Waals surface area contributed by atoms with Gasteiger partial charge in [0.1, 0.15) is 0 Å². The molecule has 3 heteroatoms. The molecule has 0 radical (unpaired) electrons. The zero-order valence-electron chi connectivity index (χ0n) is 5.56. The third-order valence-electron chi connectivity index (χ3n) is 2.10. The molecule has 2 N–H and O–H groups in total. The first-order valence-electron chi connectivity index (χ1n) is 3.65. The third-order valence-corrected chi connectivity index (χ3v) is 2.10. The largest absolute Gasteiger partial charge is 0.301 e. The van der Waals surface area contributed by atoms with Crippen molar-refractivity contribution in [2.24, 2.45) is 0 Å². The Kier molecular flexibility index (Phi) is 1.41. The Bertz CT molecular complexity index is 92.5. The fraction of sp³-hybridized carbons (Fsp3) is 1.00.